The second-order valence-electron chi connectivity index (χ2n) is 6.10. The molecule has 128 valence electrons. The Kier molecular flexibility index (Phi) is 6.36. The summed E-state index contributed by atoms with van der Waals surface area (Å²) >= 11 is 0. The summed E-state index contributed by atoms with van der Waals surface area (Å²) in [5, 5.41) is 0. The van der Waals surface area contributed by atoms with Gasteiger partial charge in [0.1, 0.15) is 18.2 Å². The Labute approximate surface area is 137 Å². The highest BCUT2D eigenvalue weighted by Gasteiger charge is 2.26. The molecule has 1 saturated heterocycles. The number of ether oxygens (including phenoxy) is 2. The SMILES string of the molecule is CC1CN(C(=O)CN(C)CCOc2ccc(F)cc2)CC(C)O1. The molecule has 0 aromatic heterocycles. The van der Waals surface area contributed by atoms with Crippen molar-refractivity contribution in [2.45, 2.75) is 26.1 Å². The first-order valence-corrected chi connectivity index (χ1v) is 7.94. The first-order valence-electron chi connectivity index (χ1n) is 7.94. The van der Waals surface area contributed by atoms with E-state index in [1.165, 1.54) is 12.1 Å². The molecule has 6 heteroatoms. The van der Waals surface area contributed by atoms with Gasteiger partial charge in [-0.25, -0.2) is 4.39 Å². The molecule has 2 rings (SSSR count). The molecule has 1 fully saturated rings. The number of amides is 1. The van der Waals surface area contributed by atoms with E-state index in [2.05, 4.69) is 0 Å². The zero-order valence-corrected chi connectivity index (χ0v) is 14.0. The van der Waals surface area contributed by atoms with Crippen LogP contribution < -0.4 is 4.74 Å². The molecule has 0 bridgehead atoms. The summed E-state index contributed by atoms with van der Waals surface area (Å²) in [6, 6.07) is 5.92. The maximum absolute atomic E-state index is 12.8. The number of hydrogen-bond acceptors (Lipinski definition) is 4. The number of nitrogens with zero attached hydrogens (tertiary/aromatic N) is 2. The molecule has 0 radical (unpaired) electrons. The van der Waals surface area contributed by atoms with Gasteiger partial charge in [0.15, 0.2) is 0 Å². The van der Waals surface area contributed by atoms with Crippen molar-refractivity contribution in [3.8, 4) is 5.75 Å². The Morgan fingerprint density at radius 3 is 2.52 bits per heavy atom. The molecule has 1 heterocycles. The number of rotatable bonds is 6. The third-order valence-electron chi connectivity index (χ3n) is 3.73. The van der Waals surface area contributed by atoms with E-state index >= 15 is 0 Å². The molecular weight excluding hydrogens is 299 g/mol. The van der Waals surface area contributed by atoms with Crippen molar-refractivity contribution in [2.75, 3.05) is 39.8 Å². The van der Waals surface area contributed by atoms with Crippen LogP contribution in [-0.4, -0.2) is 67.7 Å². The van der Waals surface area contributed by atoms with Crippen LogP contribution in [0.3, 0.4) is 0 Å². The third kappa shape index (κ3) is 5.80. The van der Waals surface area contributed by atoms with Crippen LogP contribution in [0, 0.1) is 5.82 Å². The molecule has 0 aliphatic carbocycles. The van der Waals surface area contributed by atoms with Gasteiger partial charge in [0.25, 0.3) is 0 Å². The molecule has 1 aliphatic heterocycles. The fraction of sp³-hybridized carbons (Fsp3) is 0.588. The van der Waals surface area contributed by atoms with Crippen LogP contribution in [0.2, 0.25) is 0 Å². The van der Waals surface area contributed by atoms with Gasteiger partial charge in [0, 0.05) is 19.6 Å². The van der Waals surface area contributed by atoms with Gasteiger partial charge < -0.3 is 14.4 Å². The predicted octanol–water partition coefficient (Wildman–Crippen LogP) is 1.77. The average Bonchev–Trinajstić information content (AvgIpc) is 2.48. The summed E-state index contributed by atoms with van der Waals surface area (Å²) in [6.45, 7) is 6.68. The molecule has 23 heavy (non-hydrogen) atoms. The largest absolute Gasteiger partial charge is 0.492 e. The van der Waals surface area contributed by atoms with E-state index in [4.69, 9.17) is 9.47 Å². The molecule has 2 unspecified atom stereocenters. The highest BCUT2D eigenvalue weighted by atomic mass is 19.1. The Balaban J connectivity index is 1.70. The number of likely N-dealkylation sites (N-methyl/N-ethyl adjacent to an activating group) is 1. The second kappa shape index (κ2) is 8.26. The minimum absolute atomic E-state index is 0.0785. The smallest absolute Gasteiger partial charge is 0.236 e. The Morgan fingerprint density at radius 2 is 1.91 bits per heavy atom. The van der Waals surface area contributed by atoms with Gasteiger partial charge in [0.2, 0.25) is 5.91 Å². The molecule has 1 aromatic carbocycles. The Bertz CT molecular complexity index is 499. The minimum atomic E-state index is -0.283. The number of carbonyl (C=O) groups excluding carboxylic acids is 1. The normalized spacial score (nSPS) is 21.5. The monoisotopic (exact) mass is 324 g/mol. The summed E-state index contributed by atoms with van der Waals surface area (Å²) in [6.07, 6.45) is 0.157. The maximum atomic E-state index is 12.8. The van der Waals surface area contributed by atoms with E-state index in [1.807, 2.05) is 30.7 Å². The van der Waals surface area contributed by atoms with Crippen LogP contribution >= 0.6 is 0 Å². The topological polar surface area (TPSA) is 42.0 Å². The quantitative estimate of drug-likeness (QED) is 0.800. The molecule has 1 aromatic rings. The van der Waals surface area contributed by atoms with Crippen LogP contribution in [-0.2, 0) is 9.53 Å². The van der Waals surface area contributed by atoms with Crippen molar-refractivity contribution >= 4 is 5.91 Å². The van der Waals surface area contributed by atoms with E-state index in [-0.39, 0.29) is 23.9 Å². The molecule has 0 saturated carbocycles. The van der Waals surface area contributed by atoms with E-state index in [0.29, 0.717) is 38.5 Å². The first-order chi connectivity index (χ1) is 10.9. The van der Waals surface area contributed by atoms with Gasteiger partial charge >= 0.3 is 0 Å². The van der Waals surface area contributed by atoms with Crippen molar-refractivity contribution in [1.29, 1.82) is 0 Å². The van der Waals surface area contributed by atoms with Gasteiger partial charge in [-0.2, -0.15) is 0 Å². The van der Waals surface area contributed by atoms with E-state index in [1.54, 1.807) is 12.1 Å². The van der Waals surface area contributed by atoms with E-state index in [9.17, 15) is 9.18 Å². The summed E-state index contributed by atoms with van der Waals surface area (Å²) in [5.74, 6) is 0.451. The van der Waals surface area contributed by atoms with Crippen molar-refractivity contribution < 1.29 is 18.7 Å². The van der Waals surface area contributed by atoms with Crippen molar-refractivity contribution in [2.24, 2.45) is 0 Å². The predicted molar refractivity (Wildman–Crippen MR) is 86.0 cm³/mol. The van der Waals surface area contributed by atoms with Crippen molar-refractivity contribution in [3.63, 3.8) is 0 Å². The number of morpholine rings is 1. The van der Waals surface area contributed by atoms with E-state index < -0.39 is 0 Å². The fourth-order valence-corrected chi connectivity index (χ4v) is 2.64. The maximum Gasteiger partial charge on any atom is 0.236 e. The highest BCUT2D eigenvalue weighted by molar-refractivity contribution is 5.78. The number of hydrogen-bond donors (Lipinski definition) is 0. The molecule has 0 spiro atoms. The molecule has 1 aliphatic rings. The third-order valence-corrected chi connectivity index (χ3v) is 3.73. The lowest BCUT2D eigenvalue weighted by Crippen LogP contribution is -2.50. The van der Waals surface area contributed by atoms with Crippen LogP contribution in [0.1, 0.15) is 13.8 Å². The van der Waals surface area contributed by atoms with Gasteiger partial charge in [-0.1, -0.05) is 0 Å². The lowest BCUT2D eigenvalue weighted by atomic mass is 10.2. The summed E-state index contributed by atoms with van der Waals surface area (Å²) in [4.78, 5) is 16.1. The van der Waals surface area contributed by atoms with Crippen molar-refractivity contribution in [1.82, 2.24) is 9.80 Å². The zero-order chi connectivity index (χ0) is 16.8. The zero-order valence-electron chi connectivity index (χ0n) is 14.0. The lowest BCUT2D eigenvalue weighted by molar-refractivity contribution is -0.144. The molecule has 5 nitrogen and oxygen atoms in total. The van der Waals surface area contributed by atoms with E-state index in [0.717, 1.165) is 0 Å². The lowest BCUT2D eigenvalue weighted by Gasteiger charge is -2.36. The minimum Gasteiger partial charge on any atom is -0.492 e. The van der Waals surface area contributed by atoms with Gasteiger partial charge in [-0.05, 0) is 45.2 Å². The summed E-state index contributed by atoms with van der Waals surface area (Å²) in [5.41, 5.74) is 0. The van der Waals surface area contributed by atoms with Crippen LogP contribution in [0.5, 0.6) is 5.75 Å². The molecule has 2 atom stereocenters. The van der Waals surface area contributed by atoms with Crippen LogP contribution in [0.4, 0.5) is 4.39 Å². The number of benzene rings is 1. The first kappa shape index (κ1) is 17.7. The molecule has 0 N–H and O–H groups in total. The molecular formula is C17H25FN2O3. The Morgan fingerprint density at radius 1 is 1.30 bits per heavy atom. The standard InChI is InChI=1S/C17H25FN2O3/c1-13-10-20(11-14(2)23-13)17(21)12-19(3)8-9-22-16-6-4-15(18)5-7-16/h4-7,13-14H,8-12H2,1-3H3. The fourth-order valence-electron chi connectivity index (χ4n) is 2.64. The average molecular weight is 324 g/mol. The van der Waals surface area contributed by atoms with Gasteiger partial charge in [-0.3, -0.25) is 9.69 Å². The van der Waals surface area contributed by atoms with Crippen molar-refractivity contribution in [3.05, 3.63) is 30.1 Å². The summed E-state index contributed by atoms with van der Waals surface area (Å²) in [7, 11) is 1.89. The van der Waals surface area contributed by atoms with Crippen LogP contribution in [0.25, 0.3) is 0 Å². The van der Waals surface area contributed by atoms with Gasteiger partial charge in [0.05, 0.1) is 18.8 Å². The number of halogens is 1. The second-order valence-corrected chi connectivity index (χ2v) is 6.10. The van der Waals surface area contributed by atoms with Crippen LogP contribution in [0.15, 0.2) is 24.3 Å². The highest BCUT2D eigenvalue weighted by Crippen LogP contribution is 2.12. The molecule has 1 amide bonds. The summed E-state index contributed by atoms with van der Waals surface area (Å²) < 4.78 is 24.0. The number of carbonyl (C=O) groups is 1. The Hall–Kier alpha value is -1.66. The van der Waals surface area contributed by atoms with Gasteiger partial charge in [-0.15, -0.1) is 0 Å².